The monoisotopic (exact) mass is 258 g/mol. The number of aliphatic hydroxyl groups excluding tert-OH is 1. The molecule has 7 heteroatoms. The van der Waals surface area contributed by atoms with Crippen LogP contribution in [0, 0.1) is 0 Å². The molecule has 1 saturated heterocycles. The second-order valence-corrected chi connectivity index (χ2v) is 6.55. The molecule has 1 N–H and O–H groups in total. The van der Waals surface area contributed by atoms with Crippen molar-refractivity contribution in [3.63, 3.8) is 0 Å². The number of rotatable bonds is 6. The number of hydrogen-bond donors (Lipinski definition) is 1. The van der Waals surface area contributed by atoms with Gasteiger partial charge in [-0.1, -0.05) is 0 Å². The number of carbonyl (C=O) groups excluding carboxylic acids is 1. The summed E-state index contributed by atoms with van der Waals surface area (Å²) in [6, 6.07) is 0. The molecule has 16 heavy (non-hydrogen) atoms. The summed E-state index contributed by atoms with van der Waals surface area (Å²) in [6.07, 6.45) is -1.40. The van der Waals surface area contributed by atoms with E-state index in [-0.39, 0.29) is 19.2 Å². The van der Waals surface area contributed by atoms with Crippen molar-refractivity contribution in [1.29, 1.82) is 0 Å². The summed E-state index contributed by atoms with van der Waals surface area (Å²) in [5.41, 5.74) is 0. The van der Waals surface area contributed by atoms with E-state index in [1.807, 2.05) is 0 Å². The van der Waals surface area contributed by atoms with E-state index >= 15 is 0 Å². The van der Waals surface area contributed by atoms with Gasteiger partial charge in [0.15, 0.2) is 0 Å². The molecule has 1 aliphatic heterocycles. The Morgan fingerprint density at radius 3 is 2.50 bits per heavy atom. The van der Waals surface area contributed by atoms with Crippen LogP contribution in [0.1, 0.15) is 26.7 Å². The molecule has 0 bridgehead atoms. The molecular weight excluding hydrogens is 241 g/mol. The van der Waals surface area contributed by atoms with Crippen molar-refractivity contribution in [2.24, 2.45) is 0 Å². The Labute approximate surface area is 93.5 Å². The summed E-state index contributed by atoms with van der Waals surface area (Å²) in [5, 5.41) is 7.58. The fourth-order valence-electron chi connectivity index (χ4n) is 1.42. The van der Waals surface area contributed by atoms with E-state index in [4.69, 9.17) is 4.74 Å². The first-order chi connectivity index (χ1) is 7.38. The van der Waals surface area contributed by atoms with Gasteiger partial charge in [0.1, 0.15) is 0 Å². The fourth-order valence-corrected chi connectivity index (χ4v) is 3.54. The summed E-state index contributed by atoms with van der Waals surface area (Å²) in [7, 11) is -4.39. The Kier molecular flexibility index (Phi) is 4.21. The van der Waals surface area contributed by atoms with Gasteiger partial charge in [-0.3, -0.25) is 0 Å². The van der Waals surface area contributed by atoms with E-state index < -0.39 is 25.5 Å². The molecule has 0 radical (unpaired) electrons. The third-order valence-corrected chi connectivity index (χ3v) is 5.15. The van der Waals surface area contributed by atoms with Gasteiger partial charge in [0.05, 0.1) is 0 Å². The second-order valence-electron chi connectivity index (χ2n) is 3.87. The molecule has 0 aromatic heterocycles. The van der Waals surface area contributed by atoms with Crippen molar-refractivity contribution in [2.45, 2.75) is 38.3 Å². The molecule has 0 aliphatic carbocycles. The van der Waals surface area contributed by atoms with Gasteiger partial charge in [-0.2, -0.15) is 0 Å². The first-order valence-electron chi connectivity index (χ1n) is 5.29. The topological polar surface area (TPSA) is 55.8 Å². The van der Waals surface area contributed by atoms with Crippen molar-refractivity contribution < 1.29 is 27.8 Å². The van der Waals surface area contributed by atoms with Gasteiger partial charge in [-0.05, 0) is 0 Å². The van der Waals surface area contributed by atoms with E-state index in [1.165, 1.54) is 0 Å². The van der Waals surface area contributed by atoms with Crippen molar-refractivity contribution in [1.82, 2.24) is 0 Å². The summed E-state index contributed by atoms with van der Waals surface area (Å²) in [6.45, 7) is 3.53. The maximum atomic E-state index is 13.1. The van der Waals surface area contributed by atoms with E-state index in [0.717, 1.165) is 0 Å². The Hall–Kier alpha value is -0.320. The SMILES string of the molecule is CCCOC(O)C(=O)O[C@@]1(CC)C[PH]1(F)F. The average molecular weight is 258 g/mol. The number of carbonyl (C=O) groups is 1. The van der Waals surface area contributed by atoms with Crippen LogP contribution in [0.25, 0.3) is 0 Å². The predicted molar refractivity (Wildman–Crippen MR) is 56.8 cm³/mol. The van der Waals surface area contributed by atoms with Gasteiger partial charge in [0.25, 0.3) is 0 Å². The molecule has 1 unspecified atom stereocenters. The molecular formula is C9H17F2O4P. The fraction of sp³-hybridized carbons (Fsp3) is 0.889. The van der Waals surface area contributed by atoms with Crippen LogP contribution in [0.15, 0.2) is 0 Å². The van der Waals surface area contributed by atoms with Gasteiger partial charge < -0.3 is 0 Å². The van der Waals surface area contributed by atoms with E-state index in [1.54, 1.807) is 13.8 Å². The Morgan fingerprint density at radius 2 is 2.12 bits per heavy atom. The van der Waals surface area contributed by atoms with Crippen LogP contribution in [0.2, 0.25) is 0 Å². The zero-order valence-electron chi connectivity index (χ0n) is 9.33. The molecule has 96 valence electrons. The molecule has 1 heterocycles. The van der Waals surface area contributed by atoms with Crippen LogP contribution in [0.3, 0.4) is 0 Å². The Balaban J connectivity index is 2.45. The average Bonchev–Trinajstić information content (AvgIpc) is 2.77. The molecule has 1 fully saturated rings. The van der Waals surface area contributed by atoms with Gasteiger partial charge in [0, 0.05) is 0 Å². The summed E-state index contributed by atoms with van der Waals surface area (Å²) >= 11 is 0. The molecule has 0 spiro atoms. The van der Waals surface area contributed by atoms with E-state index in [9.17, 15) is 18.3 Å². The third-order valence-electron chi connectivity index (χ3n) is 2.60. The van der Waals surface area contributed by atoms with E-state index in [2.05, 4.69) is 4.74 Å². The minimum absolute atomic E-state index is 0.0818. The molecule has 2 atom stereocenters. The third kappa shape index (κ3) is 2.67. The molecule has 0 amide bonds. The standard InChI is InChI=1S/C9H17F2O4P/c1-3-5-14-7(12)8(13)15-9(4-2)6-16(9,10)11/h7,12,16H,3-6H2,1-2H3/t7?,9-/m1/s1. The predicted octanol–water partition coefficient (Wildman–Crippen LogP) is 1.91. The number of halogens is 2. The van der Waals surface area contributed by atoms with Gasteiger partial charge in [0.2, 0.25) is 0 Å². The normalized spacial score (nSPS) is 30.6. The number of ether oxygens (including phenoxy) is 2. The molecule has 4 nitrogen and oxygen atoms in total. The number of esters is 1. The molecule has 1 aliphatic rings. The van der Waals surface area contributed by atoms with Crippen LogP contribution < -0.4 is 0 Å². The molecule has 0 aromatic carbocycles. The second kappa shape index (κ2) is 4.90. The van der Waals surface area contributed by atoms with Crippen LogP contribution in [-0.2, 0) is 14.3 Å². The first kappa shape index (κ1) is 13.7. The van der Waals surface area contributed by atoms with Gasteiger partial charge in [-0.25, -0.2) is 0 Å². The van der Waals surface area contributed by atoms with Crippen molar-refractivity contribution >= 4 is 13.9 Å². The molecule has 0 aromatic rings. The molecule has 1 rings (SSSR count). The van der Waals surface area contributed by atoms with Gasteiger partial charge >= 0.3 is 92.7 Å². The Morgan fingerprint density at radius 1 is 1.56 bits per heavy atom. The zero-order chi connectivity index (χ0) is 12.4. The minimum atomic E-state index is -4.39. The van der Waals surface area contributed by atoms with E-state index in [0.29, 0.717) is 6.42 Å². The van der Waals surface area contributed by atoms with Crippen LogP contribution >= 0.6 is 7.88 Å². The number of hydrogen-bond acceptors (Lipinski definition) is 4. The Bertz CT molecular complexity index is 274. The zero-order valence-corrected chi connectivity index (χ0v) is 10.3. The van der Waals surface area contributed by atoms with Crippen molar-refractivity contribution in [3.05, 3.63) is 0 Å². The van der Waals surface area contributed by atoms with Crippen molar-refractivity contribution in [3.8, 4) is 0 Å². The van der Waals surface area contributed by atoms with Crippen LogP contribution in [0.5, 0.6) is 0 Å². The quantitative estimate of drug-likeness (QED) is 0.449. The summed E-state index contributed by atoms with van der Waals surface area (Å²) < 4.78 is 35.5. The van der Waals surface area contributed by atoms with Crippen LogP contribution in [-0.4, -0.2) is 35.5 Å². The first-order valence-corrected chi connectivity index (χ1v) is 7.25. The summed E-state index contributed by atoms with van der Waals surface area (Å²) in [5.74, 6) is -1.11. The maximum absolute atomic E-state index is 13.1. The summed E-state index contributed by atoms with van der Waals surface area (Å²) in [4.78, 5) is 11.2. The van der Waals surface area contributed by atoms with Gasteiger partial charge in [-0.15, -0.1) is 0 Å². The molecule has 0 saturated carbocycles. The van der Waals surface area contributed by atoms with Crippen LogP contribution in [0.4, 0.5) is 8.39 Å². The number of aliphatic hydroxyl groups is 1. The van der Waals surface area contributed by atoms with Crippen molar-refractivity contribution in [2.75, 3.05) is 12.8 Å².